The van der Waals surface area contributed by atoms with Crippen LogP contribution in [0.2, 0.25) is 0 Å². The first-order chi connectivity index (χ1) is 9.79. The van der Waals surface area contributed by atoms with Crippen molar-refractivity contribution in [1.29, 1.82) is 0 Å². The van der Waals surface area contributed by atoms with Gasteiger partial charge in [0.15, 0.2) is 0 Å². The Bertz CT molecular complexity index is 539. The summed E-state index contributed by atoms with van der Waals surface area (Å²) in [7, 11) is 0. The molecule has 0 aromatic heterocycles. The first kappa shape index (κ1) is 15.7. The molecule has 114 valence electrons. The standard InChI is InChI=1S/C17H24N2O2/c1-10-5-12(3)17(13(4)6-10)14(18)9-19-15(20)7-11(2)8-16(19)21/h5-6,11,14H,7-9,18H2,1-4H3. The van der Waals surface area contributed by atoms with E-state index in [9.17, 15) is 9.59 Å². The fraction of sp³-hybridized carbons (Fsp3) is 0.529. The van der Waals surface area contributed by atoms with Gasteiger partial charge in [-0.25, -0.2) is 0 Å². The fourth-order valence-electron chi connectivity index (χ4n) is 3.30. The molecule has 4 heteroatoms. The number of hydrogen-bond donors (Lipinski definition) is 1. The number of imide groups is 1. The normalized spacial score (nSPS) is 18.2. The molecule has 1 aromatic carbocycles. The molecular formula is C17H24N2O2. The van der Waals surface area contributed by atoms with Crippen LogP contribution in [0.5, 0.6) is 0 Å². The Morgan fingerprint density at radius 3 is 2.10 bits per heavy atom. The minimum atomic E-state index is -0.327. The van der Waals surface area contributed by atoms with Crippen LogP contribution in [0.25, 0.3) is 0 Å². The number of benzene rings is 1. The van der Waals surface area contributed by atoms with Gasteiger partial charge < -0.3 is 5.73 Å². The van der Waals surface area contributed by atoms with Crippen LogP contribution in [0.15, 0.2) is 12.1 Å². The Morgan fingerprint density at radius 1 is 1.14 bits per heavy atom. The van der Waals surface area contributed by atoms with E-state index in [2.05, 4.69) is 12.1 Å². The Balaban J connectivity index is 2.20. The second-order valence-corrected chi connectivity index (χ2v) is 6.33. The van der Waals surface area contributed by atoms with Gasteiger partial charge in [0.25, 0.3) is 0 Å². The number of amides is 2. The van der Waals surface area contributed by atoms with E-state index in [-0.39, 0.29) is 30.3 Å². The van der Waals surface area contributed by atoms with Crippen molar-refractivity contribution in [2.75, 3.05) is 6.54 Å². The molecule has 2 amide bonds. The van der Waals surface area contributed by atoms with Crippen molar-refractivity contribution in [1.82, 2.24) is 4.90 Å². The highest BCUT2D eigenvalue weighted by Crippen LogP contribution is 2.25. The van der Waals surface area contributed by atoms with Crippen molar-refractivity contribution < 1.29 is 9.59 Å². The predicted octanol–water partition coefficient (Wildman–Crippen LogP) is 2.40. The summed E-state index contributed by atoms with van der Waals surface area (Å²) in [6.07, 6.45) is 0.870. The van der Waals surface area contributed by atoms with E-state index in [0.29, 0.717) is 12.8 Å². The van der Waals surface area contributed by atoms with Crippen LogP contribution < -0.4 is 5.73 Å². The Kier molecular flexibility index (Phi) is 4.47. The van der Waals surface area contributed by atoms with Gasteiger partial charge >= 0.3 is 0 Å². The number of carbonyl (C=O) groups is 2. The van der Waals surface area contributed by atoms with Crippen molar-refractivity contribution >= 4 is 11.8 Å². The molecule has 21 heavy (non-hydrogen) atoms. The summed E-state index contributed by atoms with van der Waals surface area (Å²) in [6.45, 7) is 8.30. The predicted molar refractivity (Wildman–Crippen MR) is 82.7 cm³/mol. The quantitative estimate of drug-likeness (QED) is 0.869. The summed E-state index contributed by atoms with van der Waals surface area (Å²) in [5.74, 6) is -0.0615. The molecule has 0 radical (unpaired) electrons. The van der Waals surface area contributed by atoms with E-state index in [4.69, 9.17) is 5.73 Å². The number of nitrogens with zero attached hydrogens (tertiary/aromatic N) is 1. The number of nitrogens with two attached hydrogens (primary N) is 1. The highest BCUT2D eigenvalue weighted by atomic mass is 16.2. The van der Waals surface area contributed by atoms with Gasteiger partial charge in [0, 0.05) is 25.4 Å². The van der Waals surface area contributed by atoms with E-state index in [1.807, 2.05) is 27.7 Å². The molecule has 1 atom stereocenters. The molecule has 1 unspecified atom stereocenters. The van der Waals surface area contributed by atoms with Crippen molar-refractivity contribution in [3.8, 4) is 0 Å². The SMILES string of the molecule is Cc1cc(C)c(C(N)CN2C(=O)CC(C)CC2=O)c(C)c1. The lowest BCUT2D eigenvalue weighted by atomic mass is 9.92. The van der Waals surface area contributed by atoms with E-state index < -0.39 is 0 Å². The number of aryl methyl sites for hydroxylation is 3. The fourth-order valence-corrected chi connectivity index (χ4v) is 3.30. The summed E-state index contributed by atoms with van der Waals surface area (Å²) < 4.78 is 0. The van der Waals surface area contributed by atoms with E-state index in [1.165, 1.54) is 10.5 Å². The van der Waals surface area contributed by atoms with Gasteiger partial charge in [0.05, 0.1) is 0 Å². The van der Waals surface area contributed by atoms with Crippen molar-refractivity contribution in [3.05, 3.63) is 34.4 Å². The zero-order chi connectivity index (χ0) is 15.7. The van der Waals surface area contributed by atoms with E-state index in [0.717, 1.165) is 16.7 Å². The summed E-state index contributed by atoms with van der Waals surface area (Å²) >= 11 is 0. The Morgan fingerprint density at radius 2 is 1.62 bits per heavy atom. The van der Waals surface area contributed by atoms with Crippen LogP contribution in [-0.2, 0) is 9.59 Å². The third kappa shape index (κ3) is 3.32. The first-order valence-corrected chi connectivity index (χ1v) is 7.46. The molecule has 4 nitrogen and oxygen atoms in total. The molecule has 1 aliphatic heterocycles. The van der Waals surface area contributed by atoms with Gasteiger partial charge in [-0.05, 0) is 43.4 Å². The molecule has 1 aromatic rings. The first-order valence-electron chi connectivity index (χ1n) is 7.46. The van der Waals surface area contributed by atoms with Crippen molar-refractivity contribution in [2.24, 2.45) is 11.7 Å². The number of carbonyl (C=O) groups excluding carboxylic acids is 2. The number of piperidine rings is 1. The molecular weight excluding hydrogens is 264 g/mol. The molecule has 0 aliphatic carbocycles. The van der Waals surface area contributed by atoms with Crippen LogP contribution in [-0.4, -0.2) is 23.3 Å². The second-order valence-electron chi connectivity index (χ2n) is 6.33. The average Bonchev–Trinajstić information content (AvgIpc) is 2.32. The van der Waals surface area contributed by atoms with Crippen molar-refractivity contribution in [3.63, 3.8) is 0 Å². The third-order valence-electron chi connectivity index (χ3n) is 4.14. The summed E-state index contributed by atoms with van der Waals surface area (Å²) in [5, 5.41) is 0. The van der Waals surface area contributed by atoms with Gasteiger partial charge in [-0.3, -0.25) is 14.5 Å². The Labute approximate surface area is 126 Å². The van der Waals surface area contributed by atoms with Gasteiger partial charge in [-0.1, -0.05) is 24.6 Å². The lowest BCUT2D eigenvalue weighted by molar-refractivity contribution is -0.150. The number of hydrogen-bond acceptors (Lipinski definition) is 3. The maximum atomic E-state index is 12.1. The van der Waals surface area contributed by atoms with Crippen LogP contribution >= 0.6 is 0 Å². The highest BCUT2D eigenvalue weighted by Gasteiger charge is 2.31. The smallest absolute Gasteiger partial charge is 0.229 e. The van der Waals surface area contributed by atoms with Gasteiger partial charge in [-0.2, -0.15) is 0 Å². The molecule has 1 fully saturated rings. The maximum absolute atomic E-state index is 12.1. The van der Waals surface area contributed by atoms with Crippen LogP contribution in [0.3, 0.4) is 0 Å². The minimum absolute atomic E-state index is 0.100. The zero-order valence-corrected chi connectivity index (χ0v) is 13.3. The third-order valence-corrected chi connectivity index (χ3v) is 4.14. The molecule has 1 saturated heterocycles. The highest BCUT2D eigenvalue weighted by molar-refractivity contribution is 5.97. The van der Waals surface area contributed by atoms with Gasteiger partial charge in [0.1, 0.15) is 0 Å². The summed E-state index contributed by atoms with van der Waals surface area (Å²) in [6, 6.07) is 3.85. The minimum Gasteiger partial charge on any atom is -0.322 e. The lowest BCUT2D eigenvalue weighted by Crippen LogP contribution is -2.46. The van der Waals surface area contributed by atoms with E-state index in [1.54, 1.807) is 0 Å². The Hall–Kier alpha value is -1.68. The van der Waals surface area contributed by atoms with E-state index >= 15 is 0 Å². The molecule has 0 bridgehead atoms. The van der Waals surface area contributed by atoms with Crippen LogP contribution in [0.4, 0.5) is 0 Å². The van der Waals surface area contributed by atoms with Crippen LogP contribution in [0, 0.1) is 26.7 Å². The number of rotatable bonds is 3. The summed E-state index contributed by atoms with van der Waals surface area (Å²) in [4.78, 5) is 25.4. The van der Waals surface area contributed by atoms with Gasteiger partial charge in [0.2, 0.25) is 11.8 Å². The molecule has 0 spiro atoms. The molecule has 1 aliphatic rings. The largest absolute Gasteiger partial charge is 0.322 e. The molecule has 0 saturated carbocycles. The topological polar surface area (TPSA) is 63.4 Å². The molecule has 2 rings (SSSR count). The lowest BCUT2D eigenvalue weighted by Gasteiger charge is -2.31. The van der Waals surface area contributed by atoms with Crippen molar-refractivity contribution in [2.45, 2.75) is 46.6 Å². The second kappa shape index (κ2) is 5.98. The van der Waals surface area contributed by atoms with Crippen LogP contribution in [0.1, 0.15) is 48.1 Å². The summed E-state index contributed by atoms with van der Waals surface area (Å²) in [5.41, 5.74) is 10.8. The molecule has 1 heterocycles. The average molecular weight is 288 g/mol. The zero-order valence-electron chi connectivity index (χ0n) is 13.3. The molecule has 2 N–H and O–H groups in total. The maximum Gasteiger partial charge on any atom is 0.229 e. The monoisotopic (exact) mass is 288 g/mol. The number of likely N-dealkylation sites (tertiary alicyclic amines) is 1. The van der Waals surface area contributed by atoms with Gasteiger partial charge in [-0.15, -0.1) is 0 Å².